The lowest BCUT2D eigenvalue weighted by Crippen LogP contribution is -2.23. The molecule has 0 radical (unpaired) electrons. The quantitative estimate of drug-likeness (QED) is 0.895. The van der Waals surface area contributed by atoms with Crippen LogP contribution in [-0.2, 0) is 16.6 Å². The Morgan fingerprint density at radius 1 is 0.840 bits per heavy atom. The first-order valence-electron chi connectivity index (χ1n) is 7.90. The summed E-state index contributed by atoms with van der Waals surface area (Å²) in [6.07, 6.45) is 0.763. The van der Waals surface area contributed by atoms with Gasteiger partial charge in [-0.05, 0) is 29.8 Å². The van der Waals surface area contributed by atoms with Gasteiger partial charge in [-0.25, -0.2) is 13.1 Å². The summed E-state index contributed by atoms with van der Waals surface area (Å²) in [5.74, 6) is 2.29. The third-order valence-electron chi connectivity index (χ3n) is 3.93. The van der Waals surface area contributed by atoms with E-state index < -0.39 is 10.0 Å². The Balaban J connectivity index is 1.51. The third-order valence-corrected chi connectivity index (χ3v) is 5.33. The second-order valence-corrected chi connectivity index (χ2v) is 7.44. The van der Waals surface area contributed by atoms with Crippen LogP contribution in [0.3, 0.4) is 0 Å². The maximum Gasteiger partial charge on any atom is 0.241 e. The Morgan fingerprint density at radius 3 is 2.40 bits per heavy atom. The molecule has 0 spiro atoms. The maximum absolute atomic E-state index is 12.5. The van der Waals surface area contributed by atoms with Gasteiger partial charge in [-0.1, -0.05) is 6.07 Å². The minimum absolute atomic E-state index is 0.137. The number of hydrogen-bond donors (Lipinski definition) is 1. The third kappa shape index (κ3) is 3.35. The van der Waals surface area contributed by atoms with Gasteiger partial charge in [-0.2, -0.15) is 0 Å². The van der Waals surface area contributed by atoms with Crippen molar-refractivity contribution >= 4 is 10.0 Å². The largest absolute Gasteiger partial charge is 0.490 e. The van der Waals surface area contributed by atoms with Gasteiger partial charge in [0.2, 0.25) is 16.8 Å². The Morgan fingerprint density at radius 2 is 1.52 bits per heavy atom. The Labute approximate surface area is 145 Å². The van der Waals surface area contributed by atoms with E-state index in [4.69, 9.17) is 18.9 Å². The smallest absolute Gasteiger partial charge is 0.241 e. The topological polar surface area (TPSA) is 83.1 Å². The lowest BCUT2D eigenvalue weighted by Gasteiger charge is -2.11. The molecule has 8 heteroatoms. The maximum atomic E-state index is 12.5. The second kappa shape index (κ2) is 6.45. The van der Waals surface area contributed by atoms with Crippen molar-refractivity contribution in [3.05, 3.63) is 42.0 Å². The predicted molar refractivity (Wildman–Crippen MR) is 88.6 cm³/mol. The van der Waals surface area contributed by atoms with Crippen molar-refractivity contribution in [2.75, 3.05) is 20.0 Å². The van der Waals surface area contributed by atoms with E-state index in [2.05, 4.69) is 4.72 Å². The van der Waals surface area contributed by atoms with Crippen molar-refractivity contribution in [2.24, 2.45) is 0 Å². The predicted octanol–water partition coefficient (Wildman–Crippen LogP) is 2.06. The summed E-state index contributed by atoms with van der Waals surface area (Å²) in [5.41, 5.74) is 0.780. The van der Waals surface area contributed by atoms with Crippen molar-refractivity contribution in [3.8, 4) is 23.0 Å². The normalized spacial score (nSPS) is 15.7. The zero-order chi connectivity index (χ0) is 17.3. The molecule has 2 aromatic carbocycles. The number of rotatable bonds is 4. The van der Waals surface area contributed by atoms with Crippen LogP contribution in [-0.4, -0.2) is 28.4 Å². The van der Waals surface area contributed by atoms with Gasteiger partial charge < -0.3 is 18.9 Å². The van der Waals surface area contributed by atoms with E-state index in [0.29, 0.717) is 36.2 Å². The zero-order valence-corrected chi connectivity index (χ0v) is 14.2. The summed E-state index contributed by atoms with van der Waals surface area (Å²) < 4.78 is 49.3. The average molecular weight is 363 g/mol. The van der Waals surface area contributed by atoms with Crippen molar-refractivity contribution in [1.82, 2.24) is 4.72 Å². The Kier molecular flexibility index (Phi) is 4.14. The SMILES string of the molecule is O=S(=O)(NCc1ccc2c(c1)OCO2)c1ccc2c(c1)OCCCO2. The summed E-state index contributed by atoms with van der Waals surface area (Å²) in [6, 6.07) is 9.94. The average Bonchev–Trinajstić information content (AvgIpc) is 2.95. The van der Waals surface area contributed by atoms with Gasteiger partial charge in [0.1, 0.15) is 0 Å². The minimum Gasteiger partial charge on any atom is -0.490 e. The summed E-state index contributed by atoms with van der Waals surface area (Å²) in [6.45, 7) is 1.39. The van der Waals surface area contributed by atoms with Gasteiger partial charge >= 0.3 is 0 Å². The Hall–Kier alpha value is -2.45. The van der Waals surface area contributed by atoms with E-state index in [-0.39, 0.29) is 18.2 Å². The van der Waals surface area contributed by atoms with E-state index in [0.717, 1.165) is 12.0 Å². The molecule has 2 aliphatic heterocycles. The molecule has 0 saturated heterocycles. The van der Waals surface area contributed by atoms with Crippen LogP contribution in [0.2, 0.25) is 0 Å². The monoisotopic (exact) mass is 363 g/mol. The molecule has 0 unspecified atom stereocenters. The fourth-order valence-corrected chi connectivity index (χ4v) is 3.66. The fourth-order valence-electron chi connectivity index (χ4n) is 2.62. The Bertz CT molecular complexity index is 896. The summed E-state index contributed by atoms with van der Waals surface area (Å²) in [4.78, 5) is 0.137. The van der Waals surface area contributed by atoms with E-state index in [1.54, 1.807) is 24.3 Å². The number of nitrogens with one attached hydrogen (secondary N) is 1. The van der Waals surface area contributed by atoms with Gasteiger partial charge in [-0.15, -0.1) is 0 Å². The van der Waals surface area contributed by atoms with Crippen LogP contribution in [0.4, 0.5) is 0 Å². The molecule has 2 aromatic rings. The fraction of sp³-hybridized carbons (Fsp3) is 0.294. The molecule has 0 saturated carbocycles. The molecule has 0 aliphatic carbocycles. The highest BCUT2D eigenvalue weighted by molar-refractivity contribution is 7.89. The molecule has 1 N–H and O–H groups in total. The molecule has 4 rings (SSSR count). The van der Waals surface area contributed by atoms with E-state index in [1.165, 1.54) is 12.1 Å². The zero-order valence-electron chi connectivity index (χ0n) is 13.4. The van der Waals surface area contributed by atoms with Gasteiger partial charge in [0.15, 0.2) is 23.0 Å². The van der Waals surface area contributed by atoms with Crippen LogP contribution in [0.25, 0.3) is 0 Å². The molecule has 2 aliphatic rings. The van der Waals surface area contributed by atoms with Crippen LogP contribution in [0, 0.1) is 0 Å². The molecule has 25 heavy (non-hydrogen) atoms. The van der Waals surface area contributed by atoms with Gasteiger partial charge in [0.05, 0.1) is 18.1 Å². The summed E-state index contributed by atoms with van der Waals surface area (Å²) >= 11 is 0. The standard InChI is InChI=1S/C17H17NO6S/c19-25(20,13-3-5-14-17(9-13)22-7-1-6-21-14)18-10-12-2-4-15-16(8-12)24-11-23-15/h2-5,8-9,18H,1,6-7,10-11H2. The van der Waals surface area contributed by atoms with E-state index in [9.17, 15) is 8.42 Å². The second-order valence-electron chi connectivity index (χ2n) is 5.67. The van der Waals surface area contributed by atoms with Crippen molar-refractivity contribution in [3.63, 3.8) is 0 Å². The number of sulfonamides is 1. The lowest BCUT2D eigenvalue weighted by molar-refractivity contribution is 0.174. The molecular weight excluding hydrogens is 346 g/mol. The molecule has 0 atom stereocenters. The molecule has 0 fully saturated rings. The van der Waals surface area contributed by atoms with Gasteiger partial charge in [-0.3, -0.25) is 0 Å². The van der Waals surface area contributed by atoms with Gasteiger partial charge in [0.25, 0.3) is 0 Å². The highest BCUT2D eigenvalue weighted by atomic mass is 32.2. The summed E-state index contributed by atoms with van der Waals surface area (Å²) in [5, 5.41) is 0. The summed E-state index contributed by atoms with van der Waals surface area (Å²) in [7, 11) is -3.68. The highest BCUT2D eigenvalue weighted by Crippen LogP contribution is 2.33. The first-order chi connectivity index (χ1) is 12.1. The molecule has 132 valence electrons. The van der Waals surface area contributed by atoms with E-state index in [1.807, 2.05) is 0 Å². The molecular formula is C17H17NO6S. The lowest BCUT2D eigenvalue weighted by atomic mass is 10.2. The van der Waals surface area contributed by atoms with Crippen LogP contribution in [0.1, 0.15) is 12.0 Å². The molecule has 0 amide bonds. The van der Waals surface area contributed by atoms with Crippen molar-refractivity contribution < 1.29 is 27.4 Å². The number of ether oxygens (including phenoxy) is 4. The van der Waals surface area contributed by atoms with Crippen molar-refractivity contribution in [2.45, 2.75) is 17.9 Å². The van der Waals surface area contributed by atoms with E-state index >= 15 is 0 Å². The van der Waals surface area contributed by atoms with Crippen LogP contribution < -0.4 is 23.7 Å². The van der Waals surface area contributed by atoms with Crippen LogP contribution >= 0.6 is 0 Å². The molecule has 0 bridgehead atoms. The highest BCUT2D eigenvalue weighted by Gasteiger charge is 2.19. The van der Waals surface area contributed by atoms with Crippen LogP contribution in [0.15, 0.2) is 41.3 Å². The number of hydrogen-bond acceptors (Lipinski definition) is 6. The first kappa shape index (κ1) is 16.0. The minimum atomic E-state index is -3.68. The molecule has 7 nitrogen and oxygen atoms in total. The first-order valence-corrected chi connectivity index (χ1v) is 9.38. The number of benzene rings is 2. The van der Waals surface area contributed by atoms with Crippen LogP contribution in [0.5, 0.6) is 23.0 Å². The van der Waals surface area contributed by atoms with Crippen molar-refractivity contribution in [1.29, 1.82) is 0 Å². The molecule has 2 heterocycles. The molecule has 0 aromatic heterocycles. The number of fused-ring (bicyclic) bond motifs is 2. The van der Waals surface area contributed by atoms with Gasteiger partial charge in [0, 0.05) is 19.0 Å².